The highest BCUT2D eigenvalue weighted by Crippen LogP contribution is 2.22. The Morgan fingerprint density at radius 2 is 1.59 bits per heavy atom. The molecular formula is C12H14O5. The summed E-state index contributed by atoms with van der Waals surface area (Å²) in [7, 11) is 0. The maximum absolute atomic E-state index is 10.8. The molecule has 0 saturated carbocycles. The van der Waals surface area contributed by atoms with E-state index in [0.717, 1.165) is 0 Å². The molecule has 0 aromatic rings. The second-order valence-corrected chi connectivity index (χ2v) is 3.45. The molecule has 0 fully saturated rings. The van der Waals surface area contributed by atoms with Crippen molar-refractivity contribution in [2.75, 3.05) is 19.8 Å². The number of aliphatic hydroxyl groups is 1. The number of carbonyl (C=O) groups excluding carboxylic acids is 2. The molecule has 0 unspecified atom stereocenters. The monoisotopic (exact) mass is 238 g/mol. The summed E-state index contributed by atoms with van der Waals surface area (Å²) in [6.45, 7) is 1.16. The smallest absolute Gasteiger partial charge is 0.384 e. The number of rotatable bonds is 6. The van der Waals surface area contributed by atoms with Crippen molar-refractivity contribution in [3.63, 3.8) is 0 Å². The zero-order valence-corrected chi connectivity index (χ0v) is 9.56. The van der Waals surface area contributed by atoms with Crippen LogP contribution in [0.2, 0.25) is 0 Å². The number of carbonyl (C=O) groups is 2. The molecule has 1 N–H and O–H groups in total. The van der Waals surface area contributed by atoms with Crippen LogP contribution in [-0.4, -0.2) is 36.9 Å². The van der Waals surface area contributed by atoms with E-state index in [1.165, 1.54) is 0 Å². The first kappa shape index (κ1) is 15.0. The molecule has 0 atom stereocenters. The summed E-state index contributed by atoms with van der Waals surface area (Å²) in [5.41, 5.74) is -0.876. The fourth-order valence-electron chi connectivity index (χ4n) is 0.969. The van der Waals surface area contributed by atoms with E-state index in [4.69, 9.17) is 22.3 Å². The molecule has 0 bridgehead atoms. The predicted molar refractivity (Wildman–Crippen MR) is 59.4 cm³/mol. The van der Waals surface area contributed by atoms with Crippen LogP contribution in [0.3, 0.4) is 0 Å². The van der Waals surface area contributed by atoms with E-state index < -0.39 is 17.4 Å². The van der Waals surface area contributed by atoms with E-state index in [1.807, 2.05) is 0 Å². The Morgan fingerprint density at radius 1 is 1.18 bits per heavy atom. The highest BCUT2D eigenvalue weighted by molar-refractivity contribution is 5.88. The minimum atomic E-state index is -0.876. The zero-order chi connectivity index (χ0) is 13.3. The van der Waals surface area contributed by atoms with Crippen LogP contribution in [0.1, 0.15) is 13.3 Å². The minimum Gasteiger partial charge on any atom is -0.455 e. The topological polar surface area (TPSA) is 72.8 Å². The Morgan fingerprint density at radius 3 is 1.82 bits per heavy atom. The van der Waals surface area contributed by atoms with Crippen LogP contribution in [0.5, 0.6) is 0 Å². The molecule has 92 valence electrons. The van der Waals surface area contributed by atoms with Crippen molar-refractivity contribution < 1.29 is 24.2 Å². The summed E-state index contributed by atoms with van der Waals surface area (Å²) in [4.78, 5) is 21.6. The van der Waals surface area contributed by atoms with Gasteiger partial charge in [0.1, 0.15) is 13.2 Å². The first-order chi connectivity index (χ1) is 8.03. The summed E-state index contributed by atoms with van der Waals surface area (Å²) < 4.78 is 9.45. The molecular weight excluding hydrogens is 224 g/mol. The van der Waals surface area contributed by atoms with E-state index in [-0.39, 0.29) is 19.8 Å². The van der Waals surface area contributed by atoms with Gasteiger partial charge in [0.25, 0.3) is 0 Å². The molecule has 0 aromatic heterocycles. The van der Waals surface area contributed by atoms with Gasteiger partial charge in [-0.3, -0.25) is 0 Å². The van der Waals surface area contributed by atoms with Crippen LogP contribution >= 0.6 is 0 Å². The maximum atomic E-state index is 10.8. The lowest BCUT2D eigenvalue weighted by atomic mass is 9.88. The molecule has 0 aliphatic carbocycles. The van der Waals surface area contributed by atoms with Gasteiger partial charge in [0.15, 0.2) is 0 Å². The molecule has 5 heteroatoms. The van der Waals surface area contributed by atoms with Gasteiger partial charge in [-0.2, -0.15) is 0 Å². The Hall–Kier alpha value is -1.98. The van der Waals surface area contributed by atoms with Gasteiger partial charge < -0.3 is 14.6 Å². The zero-order valence-electron chi connectivity index (χ0n) is 9.56. The molecule has 0 aliphatic rings. The SMILES string of the molecule is C#CC(=O)OCC(CC)(CO)COC(=O)C#C. The molecule has 5 nitrogen and oxygen atoms in total. The lowest BCUT2D eigenvalue weighted by Crippen LogP contribution is -2.37. The van der Waals surface area contributed by atoms with Gasteiger partial charge in [0.05, 0.1) is 12.0 Å². The highest BCUT2D eigenvalue weighted by Gasteiger charge is 2.31. The minimum absolute atomic E-state index is 0.138. The fraction of sp³-hybridized carbons (Fsp3) is 0.500. The van der Waals surface area contributed by atoms with E-state index in [1.54, 1.807) is 18.8 Å². The number of hydrogen-bond donors (Lipinski definition) is 1. The lowest BCUT2D eigenvalue weighted by Gasteiger charge is -2.28. The molecule has 0 saturated heterocycles. The summed E-state index contributed by atoms with van der Waals surface area (Å²) in [6.07, 6.45) is 10.1. The first-order valence-corrected chi connectivity index (χ1v) is 4.91. The molecule has 0 spiro atoms. The first-order valence-electron chi connectivity index (χ1n) is 4.91. The predicted octanol–water partition coefficient (Wildman–Crippen LogP) is -0.272. The van der Waals surface area contributed by atoms with Crippen LogP contribution in [0.4, 0.5) is 0 Å². The van der Waals surface area contributed by atoms with Crippen molar-refractivity contribution in [1.82, 2.24) is 0 Å². The second-order valence-electron chi connectivity index (χ2n) is 3.45. The van der Waals surface area contributed by atoms with Gasteiger partial charge >= 0.3 is 11.9 Å². The summed E-state index contributed by atoms with van der Waals surface area (Å²) >= 11 is 0. The Balaban J connectivity index is 4.46. The molecule has 0 aromatic carbocycles. The standard InChI is InChI=1S/C12H14O5/c1-4-10(14)16-8-12(6-3,7-13)9-17-11(15)5-2/h1-2,13H,6-9H2,3H3. The lowest BCUT2D eigenvalue weighted by molar-refractivity contribution is -0.149. The van der Waals surface area contributed by atoms with E-state index in [9.17, 15) is 14.7 Å². The number of ether oxygens (including phenoxy) is 2. The van der Waals surface area contributed by atoms with Crippen LogP contribution in [0.25, 0.3) is 0 Å². The van der Waals surface area contributed by atoms with Gasteiger partial charge in [0, 0.05) is 11.8 Å². The molecule has 0 rings (SSSR count). The van der Waals surface area contributed by atoms with Crippen molar-refractivity contribution in [2.45, 2.75) is 13.3 Å². The number of terminal acetylenes is 2. The number of esters is 2. The summed E-state index contributed by atoms with van der Waals surface area (Å²) in [5.74, 6) is 1.89. The van der Waals surface area contributed by atoms with Crippen LogP contribution in [0, 0.1) is 30.1 Å². The molecule has 17 heavy (non-hydrogen) atoms. The summed E-state index contributed by atoms with van der Waals surface area (Å²) in [6, 6.07) is 0. The molecule has 0 aliphatic heterocycles. The Bertz CT molecular complexity index is 322. The van der Waals surface area contributed by atoms with Crippen molar-refractivity contribution in [3.05, 3.63) is 0 Å². The van der Waals surface area contributed by atoms with E-state index in [0.29, 0.717) is 6.42 Å². The van der Waals surface area contributed by atoms with E-state index in [2.05, 4.69) is 0 Å². The quantitative estimate of drug-likeness (QED) is 0.391. The van der Waals surface area contributed by atoms with Crippen molar-refractivity contribution >= 4 is 11.9 Å². The number of aliphatic hydroxyl groups excluding tert-OH is 1. The van der Waals surface area contributed by atoms with Gasteiger partial charge in [-0.15, -0.1) is 12.8 Å². The van der Waals surface area contributed by atoms with Gasteiger partial charge in [-0.25, -0.2) is 9.59 Å². The van der Waals surface area contributed by atoms with Crippen LogP contribution in [-0.2, 0) is 19.1 Å². The van der Waals surface area contributed by atoms with Crippen LogP contribution in [0.15, 0.2) is 0 Å². The van der Waals surface area contributed by atoms with Crippen molar-refractivity contribution in [1.29, 1.82) is 0 Å². The van der Waals surface area contributed by atoms with Gasteiger partial charge in [-0.1, -0.05) is 6.92 Å². The Labute approximate surface area is 100 Å². The normalized spacial score (nSPS) is 9.88. The van der Waals surface area contributed by atoms with E-state index >= 15 is 0 Å². The highest BCUT2D eigenvalue weighted by atomic mass is 16.5. The third-order valence-corrected chi connectivity index (χ3v) is 2.34. The van der Waals surface area contributed by atoms with Gasteiger partial charge in [0.2, 0.25) is 0 Å². The third-order valence-electron chi connectivity index (χ3n) is 2.34. The summed E-state index contributed by atoms with van der Waals surface area (Å²) in [5, 5.41) is 9.26. The van der Waals surface area contributed by atoms with Crippen LogP contribution < -0.4 is 0 Å². The fourth-order valence-corrected chi connectivity index (χ4v) is 0.969. The molecule has 0 radical (unpaired) electrons. The maximum Gasteiger partial charge on any atom is 0.384 e. The largest absolute Gasteiger partial charge is 0.455 e. The average Bonchev–Trinajstić information content (AvgIpc) is 2.38. The van der Waals surface area contributed by atoms with Gasteiger partial charge in [-0.05, 0) is 6.42 Å². The average molecular weight is 238 g/mol. The van der Waals surface area contributed by atoms with Crippen molar-refractivity contribution in [2.24, 2.45) is 5.41 Å². The number of hydrogen-bond acceptors (Lipinski definition) is 5. The Kier molecular flexibility index (Phi) is 6.47. The molecule has 0 heterocycles. The van der Waals surface area contributed by atoms with Crippen molar-refractivity contribution in [3.8, 4) is 24.7 Å². The third kappa shape index (κ3) is 5.05. The second kappa shape index (κ2) is 7.32. The molecule has 0 amide bonds.